The maximum atomic E-state index is 12.6. The molecular weight excluding hydrogens is 344 g/mol. The highest BCUT2D eigenvalue weighted by Gasteiger charge is 2.22. The van der Waals surface area contributed by atoms with Gasteiger partial charge in [-0.25, -0.2) is 0 Å². The number of anilines is 1. The molecule has 2 aromatic rings. The lowest BCUT2D eigenvalue weighted by molar-refractivity contribution is -0.385. The third-order valence-corrected chi connectivity index (χ3v) is 3.57. The molecule has 0 aliphatic carbocycles. The molecular formula is C17H18N2O7. The fourth-order valence-corrected chi connectivity index (χ4v) is 2.33. The Morgan fingerprint density at radius 2 is 1.58 bits per heavy atom. The minimum Gasteiger partial charge on any atom is -0.497 e. The van der Waals surface area contributed by atoms with E-state index in [0.717, 1.165) is 0 Å². The van der Waals surface area contributed by atoms with Crippen LogP contribution in [0.5, 0.6) is 23.0 Å². The number of nitrogens with one attached hydrogen (secondary N) is 1. The van der Waals surface area contributed by atoms with E-state index >= 15 is 0 Å². The van der Waals surface area contributed by atoms with Crippen LogP contribution in [0.2, 0.25) is 0 Å². The van der Waals surface area contributed by atoms with Gasteiger partial charge in [-0.2, -0.15) is 0 Å². The number of amides is 1. The lowest BCUT2D eigenvalue weighted by Gasteiger charge is -2.14. The van der Waals surface area contributed by atoms with Crippen LogP contribution in [0, 0.1) is 10.1 Å². The summed E-state index contributed by atoms with van der Waals surface area (Å²) in [5.41, 5.74) is -0.152. The number of rotatable bonds is 7. The molecule has 0 bridgehead atoms. The summed E-state index contributed by atoms with van der Waals surface area (Å²) < 4.78 is 20.7. The van der Waals surface area contributed by atoms with E-state index < -0.39 is 10.8 Å². The molecule has 0 aliphatic rings. The van der Waals surface area contributed by atoms with Gasteiger partial charge >= 0.3 is 0 Å². The molecule has 1 N–H and O–H groups in total. The van der Waals surface area contributed by atoms with Crippen molar-refractivity contribution >= 4 is 17.3 Å². The number of benzene rings is 2. The Morgan fingerprint density at radius 1 is 0.962 bits per heavy atom. The lowest BCUT2D eigenvalue weighted by Crippen LogP contribution is -2.14. The molecule has 0 heterocycles. The fourth-order valence-electron chi connectivity index (χ4n) is 2.33. The zero-order valence-electron chi connectivity index (χ0n) is 14.7. The van der Waals surface area contributed by atoms with Crippen molar-refractivity contribution in [1.29, 1.82) is 0 Å². The third kappa shape index (κ3) is 3.77. The average molecular weight is 362 g/mol. The van der Waals surface area contributed by atoms with Gasteiger partial charge in [0.25, 0.3) is 11.6 Å². The smallest absolute Gasteiger partial charge is 0.282 e. The van der Waals surface area contributed by atoms with Gasteiger partial charge in [0, 0.05) is 23.9 Å². The molecule has 1 amide bonds. The van der Waals surface area contributed by atoms with Crippen LogP contribution in [-0.4, -0.2) is 39.3 Å². The van der Waals surface area contributed by atoms with Crippen LogP contribution in [0.3, 0.4) is 0 Å². The van der Waals surface area contributed by atoms with Crippen molar-refractivity contribution < 1.29 is 28.7 Å². The van der Waals surface area contributed by atoms with Crippen LogP contribution in [-0.2, 0) is 0 Å². The van der Waals surface area contributed by atoms with Crippen molar-refractivity contribution in [2.45, 2.75) is 0 Å². The van der Waals surface area contributed by atoms with Gasteiger partial charge in [-0.1, -0.05) is 0 Å². The number of carbonyl (C=O) groups excluding carboxylic acids is 1. The van der Waals surface area contributed by atoms with Crippen LogP contribution in [0.1, 0.15) is 10.4 Å². The minimum absolute atomic E-state index is 0.136. The Labute approximate surface area is 149 Å². The first-order chi connectivity index (χ1) is 12.4. The summed E-state index contributed by atoms with van der Waals surface area (Å²) >= 11 is 0. The van der Waals surface area contributed by atoms with Gasteiger partial charge in [0.1, 0.15) is 11.3 Å². The first-order valence-electron chi connectivity index (χ1n) is 7.39. The van der Waals surface area contributed by atoms with Crippen molar-refractivity contribution in [1.82, 2.24) is 0 Å². The summed E-state index contributed by atoms with van der Waals surface area (Å²) in [4.78, 5) is 23.1. The van der Waals surface area contributed by atoms with Crippen LogP contribution in [0.25, 0.3) is 0 Å². The van der Waals surface area contributed by atoms with Crippen molar-refractivity contribution in [3.05, 3.63) is 46.0 Å². The first-order valence-corrected chi connectivity index (χ1v) is 7.39. The van der Waals surface area contributed by atoms with Gasteiger partial charge in [-0.05, 0) is 12.1 Å². The number of ether oxygens (including phenoxy) is 4. The number of carbonyl (C=O) groups is 1. The second-order valence-corrected chi connectivity index (χ2v) is 5.01. The molecule has 0 aromatic heterocycles. The van der Waals surface area contributed by atoms with E-state index in [1.54, 1.807) is 0 Å². The van der Waals surface area contributed by atoms with Crippen molar-refractivity contribution in [3.63, 3.8) is 0 Å². The van der Waals surface area contributed by atoms with Crippen LogP contribution in [0.15, 0.2) is 30.3 Å². The van der Waals surface area contributed by atoms with E-state index in [-0.39, 0.29) is 11.3 Å². The standard InChI is InChI=1S/C17H18N2O7/c1-23-11-5-6-13(19(21)22)12(9-11)17(20)18-10-7-14(24-2)16(26-4)15(8-10)25-3/h5-9H,1-4H3,(H,18,20). The molecule has 0 radical (unpaired) electrons. The Morgan fingerprint density at radius 3 is 2.04 bits per heavy atom. The maximum Gasteiger partial charge on any atom is 0.282 e. The largest absolute Gasteiger partial charge is 0.497 e. The van der Waals surface area contributed by atoms with Gasteiger partial charge < -0.3 is 24.3 Å². The summed E-state index contributed by atoms with van der Waals surface area (Å²) in [5.74, 6) is 0.681. The average Bonchev–Trinajstić information content (AvgIpc) is 2.66. The second-order valence-electron chi connectivity index (χ2n) is 5.01. The van der Waals surface area contributed by atoms with Crippen LogP contribution < -0.4 is 24.3 Å². The number of nitrogens with zero attached hydrogens (tertiary/aromatic N) is 1. The highest BCUT2D eigenvalue weighted by atomic mass is 16.6. The lowest BCUT2D eigenvalue weighted by atomic mass is 10.1. The first kappa shape index (κ1) is 18.8. The van der Waals surface area contributed by atoms with Crippen molar-refractivity contribution in [3.8, 4) is 23.0 Å². The number of hydrogen-bond acceptors (Lipinski definition) is 7. The van der Waals surface area contributed by atoms with Gasteiger partial charge in [0.15, 0.2) is 11.5 Å². The molecule has 0 spiro atoms. The van der Waals surface area contributed by atoms with Crippen LogP contribution in [0.4, 0.5) is 11.4 Å². The minimum atomic E-state index is -0.676. The van der Waals surface area contributed by atoms with E-state index in [1.165, 1.54) is 58.8 Å². The van der Waals surface area contributed by atoms with E-state index in [2.05, 4.69) is 5.32 Å². The van der Waals surface area contributed by atoms with E-state index in [9.17, 15) is 14.9 Å². The van der Waals surface area contributed by atoms with Crippen molar-refractivity contribution in [2.75, 3.05) is 33.8 Å². The van der Waals surface area contributed by atoms with Gasteiger partial charge in [0.05, 0.1) is 33.4 Å². The molecule has 2 aromatic carbocycles. The quantitative estimate of drug-likeness (QED) is 0.596. The Hall–Kier alpha value is -3.49. The molecule has 0 unspecified atom stereocenters. The molecule has 0 atom stereocenters. The number of methoxy groups -OCH3 is 4. The summed E-state index contributed by atoms with van der Waals surface area (Å²) in [6.45, 7) is 0. The fraction of sp³-hybridized carbons (Fsp3) is 0.235. The topological polar surface area (TPSA) is 109 Å². The molecule has 9 nitrogen and oxygen atoms in total. The zero-order valence-corrected chi connectivity index (χ0v) is 14.7. The third-order valence-electron chi connectivity index (χ3n) is 3.57. The molecule has 0 saturated carbocycles. The molecule has 0 fully saturated rings. The normalized spacial score (nSPS) is 10.0. The molecule has 9 heteroatoms. The number of hydrogen-bond donors (Lipinski definition) is 1. The van der Waals surface area contributed by atoms with Crippen molar-refractivity contribution in [2.24, 2.45) is 0 Å². The van der Waals surface area contributed by atoms with E-state index in [1.807, 2.05) is 0 Å². The summed E-state index contributed by atoms with van der Waals surface area (Å²) in [6, 6.07) is 6.96. The van der Waals surface area contributed by atoms with Gasteiger partial charge in [-0.3, -0.25) is 14.9 Å². The Kier molecular flexibility index (Phi) is 5.84. The highest BCUT2D eigenvalue weighted by Crippen LogP contribution is 2.40. The predicted molar refractivity (Wildman–Crippen MR) is 93.7 cm³/mol. The zero-order chi connectivity index (χ0) is 19.3. The second kappa shape index (κ2) is 8.06. The molecule has 0 aliphatic heterocycles. The van der Waals surface area contributed by atoms with E-state index in [0.29, 0.717) is 28.7 Å². The van der Waals surface area contributed by atoms with Gasteiger partial charge in [-0.15, -0.1) is 0 Å². The highest BCUT2D eigenvalue weighted by molar-refractivity contribution is 6.07. The number of nitro groups is 1. The maximum absolute atomic E-state index is 12.6. The number of nitro benzene ring substituents is 1. The van der Waals surface area contributed by atoms with Crippen LogP contribution >= 0.6 is 0 Å². The Balaban J connectivity index is 2.43. The monoisotopic (exact) mass is 362 g/mol. The summed E-state index contributed by atoms with van der Waals surface area (Å²) in [5, 5.41) is 13.8. The summed E-state index contributed by atoms with van der Waals surface area (Å²) in [6.07, 6.45) is 0. The van der Waals surface area contributed by atoms with Gasteiger partial charge in [0.2, 0.25) is 5.75 Å². The van der Waals surface area contributed by atoms with E-state index in [4.69, 9.17) is 18.9 Å². The Bertz CT molecular complexity index is 811. The molecule has 138 valence electrons. The molecule has 0 saturated heterocycles. The summed E-state index contributed by atoms with van der Waals surface area (Å²) in [7, 11) is 5.74. The molecule has 2 rings (SSSR count). The SMILES string of the molecule is COc1ccc([N+](=O)[O-])c(C(=O)Nc2cc(OC)c(OC)c(OC)c2)c1. The predicted octanol–water partition coefficient (Wildman–Crippen LogP) is 2.88. The molecule has 26 heavy (non-hydrogen) atoms.